The Morgan fingerprint density at radius 2 is 2.14 bits per heavy atom. The second kappa shape index (κ2) is 7.23. The number of amides is 1. The first kappa shape index (κ1) is 20.4. The highest BCUT2D eigenvalue weighted by molar-refractivity contribution is 9.10. The van der Waals surface area contributed by atoms with Crippen molar-refractivity contribution in [3.8, 4) is 0 Å². The van der Waals surface area contributed by atoms with Gasteiger partial charge in [-0.05, 0) is 53.9 Å². The molecule has 0 fully saturated rings. The molecule has 1 amide bonds. The predicted molar refractivity (Wildman–Crippen MR) is 103 cm³/mol. The minimum atomic E-state index is -2.33. The van der Waals surface area contributed by atoms with Crippen LogP contribution in [0.3, 0.4) is 0 Å². The van der Waals surface area contributed by atoms with E-state index in [2.05, 4.69) is 31.2 Å². The summed E-state index contributed by atoms with van der Waals surface area (Å²) in [6.07, 6.45) is 1.47. The van der Waals surface area contributed by atoms with Gasteiger partial charge in [0.2, 0.25) is 0 Å². The molecule has 10 heteroatoms. The van der Waals surface area contributed by atoms with Crippen LogP contribution in [0.2, 0.25) is 0 Å². The number of benzene rings is 1. The van der Waals surface area contributed by atoms with Crippen LogP contribution in [0, 0.1) is 5.82 Å². The number of rotatable bonds is 4. The lowest BCUT2D eigenvalue weighted by molar-refractivity contribution is 0.101. The fourth-order valence-electron chi connectivity index (χ4n) is 3.17. The zero-order valence-corrected chi connectivity index (χ0v) is 16.9. The zero-order valence-electron chi connectivity index (χ0n) is 15.3. The molecule has 1 aliphatic rings. The van der Waals surface area contributed by atoms with Crippen molar-refractivity contribution >= 4 is 33.4 Å². The number of aromatic nitrogens is 2. The summed E-state index contributed by atoms with van der Waals surface area (Å²) in [5, 5.41) is 2.65. The number of carbonyl (C=O) groups is 1. The number of nitrogens with two attached hydrogens (primary N) is 1. The van der Waals surface area contributed by atoms with Gasteiger partial charge in [-0.2, -0.15) is 0 Å². The lowest BCUT2D eigenvalue weighted by Gasteiger charge is -2.36. The number of hydrogen-bond donors (Lipinski definition) is 2. The minimum Gasteiger partial charge on any atom is -0.385 e. The van der Waals surface area contributed by atoms with Gasteiger partial charge >= 0.3 is 0 Å². The SMILES string of the molecule is Cn1cc(Br)nc1C(=O)Nc1ccc(F)c([C@]2(C)CC[C@@](F)(CF)C(N)=N2)c1. The number of hydrogen-bond acceptors (Lipinski definition) is 4. The molecule has 0 saturated carbocycles. The Labute approximate surface area is 168 Å². The van der Waals surface area contributed by atoms with Crippen molar-refractivity contribution in [1.29, 1.82) is 0 Å². The van der Waals surface area contributed by atoms with Crippen LogP contribution < -0.4 is 11.1 Å². The molecule has 1 aliphatic heterocycles. The number of imidazole rings is 1. The summed E-state index contributed by atoms with van der Waals surface area (Å²) in [6, 6.07) is 4.00. The van der Waals surface area contributed by atoms with Crippen LogP contribution in [0.25, 0.3) is 0 Å². The molecule has 150 valence electrons. The molecule has 3 N–H and O–H groups in total. The second-order valence-corrected chi connectivity index (χ2v) is 7.83. The Hall–Kier alpha value is -2.36. The van der Waals surface area contributed by atoms with E-state index in [0.717, 1.165) is 0 Å². The molecule has 0 spiro atoms. The minimum absolute atomic E-state index is 0.0642. The van der Waals surface area contributed by atoms with Gasteiger partial charge in [0.15, 0.2) is 11.5 Å². The van der Waals surface area contributed by atoms with Gasteiger partial charge in [0.1, 0.15) is 22.9 Å². The Kier molecular flexibility index (Phi) is 5.26. The molecule has 1 aromatic heterocycles. The lowest BCUT2D eigenvalue weighted by atomic mass is 9.80. The summed E-state index contributed by atoms with van der Waals surface area (Å²) < 4.78 is 43.9. The number of anilines is 1. The molecule has 3 rings (SSSR count). The van der Waals surface area contributed by atoms with E-state index in [0.29, 0.717) is 10.3 Å². The Morgan fingerprint density at radius 3 is 2.71 bits per heavy atom. The van der Waals surface area contributed by atoms with Gasteiger partial charge in [-0.1, -0.05) is 0 Å². The van der Waals surface area contributed by atoms with Crippen molar-refractivity contribution in [2.75, 3.05) is 12.0 Å². The predicted octanol–water partition coefficient (Wildman–Crippen LogP) is 3.62. The third-order valence-corrected chi connectivity index (χ3v) is 5.28. The van der Waals surface area contributed by atoms with Crippen LogP contribution in [-0.4, -0.2) is 33.6 Å². The van der Waals surface area contributed by atoms with E-state index in [1.165, 1.54) is 22.8 Å². The van der Waals surface area contributed by atoms with Gasteiger partial charge in [0.05, 0.1) is 5.54 Å². The van der Waals surface area contributed by atoms with Crippen LogP contribution in [0.5, 0.6) is 0 Å². The Morgan fingerprint density at radius 1 is 1.43 bits per heavy atom. The molecule has 0 unspecified atom stereocenters. The van der Waals surface area contributed by atoms with Crippen molar-refractivity contribution in [1.82, 2.24) is 9.55 Å². The highest BCUT2D eigenvalue weighted by atomic mass is 79.9. The number of carbonyl (C=O) groups excluding carboxylic acids is 1. The second-order valence-electron chi connectivity index (χ2n) is 7.02. The maximum absolute atomic E-state index is 14.5. The van der Waals surface area contributed by atoms with Gasteiger partial charge in [-0.15, -0.1) is 0 Å². The molecule has 6 nitrogen and oxygen atoms in total. The normalized spacial score (nSPS) is 24.7. The smallest absolute Gasteiger partial charge is 0.291 e. The molecular weight excluding hydrogens is 439 g/mol. The van der Waals surface area contributed by atoms with E-state index in [1.807, 2.05) is 0 Å². The monoisotopic (exact) mass is 457 g/mol. The molecule has 1 aromatic carbocycles. The first-order valence-electron chi connectivity index (χ1n) is 8.49. The average Bonchev–Trinajstić information content (AvgIpc) is 2.98. The molecule has 2 atom stereocenters. The zero-order chi connectivity index (χ0) is 20.7. The highest BCUT2D eigenvalue weighted by Crippen LogP contribution is 2.41. The Bertz CT molecular complexity index is 963. The fourth-order valence-corrected chi connectivity index (χ4v) is 3.64. The summed E-state index contributed by atoms with van der Waals surface area (Å²) in [6.45, 7) is 0.313. The maximum Gasteiger partial charge on any atom is 0.291 e. The van der Waals surface area contributed by atoms with E-state index in [9.17, 15) is 18.0 Å². The number of amidine groups is 1. The Balaban J connectivity index is 1.92. The van der Waals surface area contributed by atoms with Crippen molar-refractivity contribution in [3.05, 3.63) is 46.2 Å². The van der Waals surface area contributed by atoms with E-state index >= 15 is 0 Å². The van der Waals surface area contributed by atoms with E-state index in [-0.39, 0.29) is 24.2 Å². The van der Waals surface area contributed by atoms with Gasteiger partial charge in [-0.3, -0.25) is 9.79 Å². The number of halogens is 4. The van der Waals surface area contributed by atoms with Crippen LogP contribution >= 0.6 is 15.9 Å². The lowest BCUT2D eigenvalue weighted by Crippen LogP contribution is -2.48. The summed E-state index contributed by atoms with van der Waals surface area (Å²) in [5.41, 5.74) is 2.58. The molecule has 0 radical (unpaired) electrons. The van der Waals surface area contributed by atoms with Crippen LogP contribution in [0.1, 0.15) is 35.9 Å². The highest BCUT2D eigenvalue weighted by Gasteiger charge is 2.44. The van der Waals surface area contributed by atoms with Crippen molar-refractivity contribution in [2.45, 2.75) is 31.0 Å². The summed E-state index contributed by atoms with van der Waals surface area (Å²) in [5.74, 6) is -1.39. The largest absolute Gasteiger partial charge is 0.385 e. The molecule has 0 bridgehead atoms. The van der Waals surface area contributed by atoms with Crippen LogP contribution in [0.4, 0.5) is 18.9 Å². The summed E-state index contributed by atoms with van der Waals surface area (Å²) >= 11 is 3.19. The van der Waals surface area contributed by atoms with E-state index < -0.39 is 35.4 Å². The molecular formula is C18H19BrF3N5O. The molecule has 0 aliphatic carbocycles. The van der Waals surface area contributed by atoms with Gasteiger partial charge in [0, 0.05) is 24.5 Å². The summed E-state index contributed by atoms with van der Waals surface area (Å²) in [4.78, 5) is 20.6. The fraction of sp³-hybridized carbons (Fsp3) is 0.389. The molecule has 0 saturated heterocycles. The van der Waals surface area contributed by atoms with E-state index in [4.69, 9.17) is 5.73 Å². The third-order valence-electron chi connectivity index (χ3n) is 4.90. The first-order chi connectivity index (χ1) is 13.1. The van der Waals surface area contributed by atoms with Crippen molar-refractivity contribution in [3.63, 3.8) is 0 Å². The average molecular weight is 458 g/mol. The van der Waals surface area contributed by atoms with Gasteiger partial charge in [0.25, 0.3) is 5.91 Å². The van der Waals surface area contributed by atoms with Crippen molar-refractivity contribution in [2.24, 2.45) is 17.8 Å². The number of aliphatic imine (C=N–C) groups is 1. The standard InChI is InChI=1S/C18H19BrF3N5O/c1-17(5-6-18(22,9-20)16(23)26-17)11-7-10(3-4-12(11)21)24-15(28)14-25-13(19)8-27(14)2/h3-4,7-8H,5-6,9H2,1-2H3,(H2,23,26)(H,24,28)/t17-,18+/m0/s1. The van der Waals surface area contributed by atoms with Crippen LogP contribution in [-0.2, 0) is 12.6 Å². The molecule has 28 heavy (non-hydrogen) atoms. The maximum atomic E-state index is 14.5. The third kappa shape index (κ3) is 3.65. The molecule has 2 aromatic rings. The van der Waals surface area contributed by atoms with Gasteiger partial charge < -0.3 is 15.6 Å². The molecule has 2 heterocycles. The number of nitrogens with zero attached hydrogens (tertiary/aromatic N) is 3. The van der Waals surface area contributed by atoms with Crippen LogP contribution in [0.15, 0.2) is 34.0 Å². The number of aryl methyl sites for hydroxylation is 1. The van der Waals surface area contributed by atoms with Gasteiger partial charge in [-0.25, -0.2) is 18.2 Å². The first-order valence-corrected chi connectivity index (χ1v) is 9.28. The quantitative estimate of drug-likeness (QED) is 0.734. The topological polar surface area (TPSA) is 85.3 Å². The summed E-state index contributed by atoms with van der Waals surface area (Å²) in [7, 11) is 1.66. The van der Waals surface area contributed by atoms with E-state index in [1.54, 1.807) is 20.2 Å². The van der Waals surface area contributed by atoms with Crippen molar-refractivity contribution < 1.29 is 18.0 Å². The number of alkyl halides is 2. The number of nitrogens with one attached hydrogen (secondary N) is 1.